The van der Waals surface area contributed by atoms with Crippen molar-refractivity contribution < 1.29 is 19.1 Å². The van der Waals surface area contributed by atoms with Gasteiger partial charge in [0.05, 0.1) is 23.9 Å². The monoisotopic (exact) mass is 416 g/mol. The van der Waals surface area contributed by atoms with Crippen LogP contribution in [0, 0.1) is 0 Å². The second kappa shape index (κ2) is 10.2. The van der Waals surface area contributed by atoms with Crippen molar-refractivity contribution in [3.63, 3.8) is 0 Å². The quantitative estimate of drug-likeness (QED) is 0.603. The largest absolute Gasteiger partial charge is 0.490 e. The normalized spacial score (nSPS) is 13.4. The molecule has 1 saturated heterocycles. The number of carbonyl (C=O) groups excluding carboxylic acids is 2. The highest BCUT2D eigenvalue weighted by atomic mass is 35.5. The van der Waals surface area contributed by atoms with Gasteiger partial charge in [-0.3, -0.25) is 9.59 Å². The average molecular weight is 417 g/mol. The molecule has 1 fully saturated rings. The van der Waals surface area contributed by atoms with Crippen LogP contribution in [0.15, 0.2) is 42.5 Å². The first kappa shape index (κ1) is 21.0. The molecule has 0 bridgehead atoms. The van der Waals surface area contributed by atoms with Gasteiger partial charge in [0, 0.05) is 25.1 Å². The first-order chi connectivity index (χ1) is 14.1. The zero-order valence-corrected chi connectivity index (χ0v) is 17.2. The van der Waals surface area contributed by atoms with Crippen LogP contribution in [0.4, 0.5) is 11.4 Å². The Labute approximate surface area is 175 Å². The Morgan fingerprint density at radius 3 is 2.59 bits per heavy atom. The van der Waals surface area contributed by atoms with Gasteiger partial charge in [-0.1, -0.05) is 23.7 Å². The van der Waals surface area contributed by atoms with Crippen LogP contribution in [0.1, 0.15) is 32.6 Å². The molecule has 3 rings (SSSR count). The molecule has 0 spiro atoms. The molecule has 154 valence electrons. The van der Waals surface area contributed by atoms with E-state index in [-0.39, 0.29) is 11.8 Å². The maximum absolute atomic E-state index is 12.2. The summed E-state index contributed by atoms with van der Waals surface area (Å²) < 4.78 is 11.2. The van der Waals surface area contributed by atoms with E-state index in [1.165, 1.54) is 0 Å². The smallest absolute Gasteiger partial charge is 0.227 e. The Hall–Kier alpha value is -2.73. The number of para-hydroxylation sites is 2. The van der Waals surface area contributed by atoms with E-state index < -0.39 is 0 Å². The molecule has 0 saturated carbocycles. The van der Waals surface area contributed by atoms with Crippen molar-refractivity contribution in [2.24, 2.45) is 0 Å². The summed E-state index contributed by atoms with van der Waals surface area (Å²) >= 11 is 6.32. The molecule has 0 radical (unpaired) electrons. The van der Waals surface area contributed by atoms with E-state index in [1.54, 1.807) is 23.1 Å². The van der Waals surface area contributed by atoms with E-state index in [9.17, 15) is 9.59 Å². The number of nitrogens with zero attached hydrogens (tertiary/aromatic N) is 1. The lowest BCUT2D eigenvalue weighted by molar-refractivity contribution is -0.117. The summed E-state index contributed by atoms with van der Waals surface area (Å²) in [5, 5.41) is 3.29. The Balaban J connectivity index is 1.46. The molecule has 2 aromatic carbocycles. The predicted octanol–water partition coefficient (Wildman–Crippen LogP) is 4.66. The molecule has 0 aromatic heterocycles. The molecule has 1 aliphatic rings. The lowest BCUT2D eigenvalue weighted by Crippen LogP contribution is -2.24. The Morgan fingerprint density at radius 1 is 1.17 bits per heavy atom. The van der Waals surface area contributed by atoms with Crippen molar-refractivity contribution in [1.82, 2.24) is 0 Å². The fourth-order valence-electron chi connectivity index (χ4n) is 3.19. The zero-order valence-electron chi connectivity index (χ0n) is 16.4. The molecule has 7 heteroatoms. The molecule has 6 nitrogen and oxygen atoms in total. The van der Waals surface area contributed by atoms with Crippen LogP contribution < -0.4 is 19.7 Å². The predicted molar refractivity (Wildman–Crippen MR) is 114 cm³/mol. The summed E-state index contributed by atoms with van der Waals surface area (Å²) in [7, 11) is 0. The second-order valence-corrected chi connectivity index (χ2v) is 7.10. The number of rotatable bonds is 9. The third-order valence-electron chi connectivity index (χ3n) is 4.55. The lowest BCUT2D eigenvalue weighted by atomic mass is 10.2. The first-order valence-corrected chi connectivity index (χ1v) is 10.2. The number of anilines is 2. The Bertz CT molecular complexity index is 872. The molecular weight excluding hydrogens is 392 g/mol. The summed E-state index contributed by atoms with van der Waals surface area (Å²) in [4.78, 5) is 25.8. The van der Waals surface area contributed by atoms with Gasteiger partial charge in [-0.25, -0.2) is 0 Å². The highest BCUT2D eigenvalue weighted by Gasteiger charge is 2.23. The molecule has 0 aliphatic carbocycles. The van der Waals surface area contributed by atoms with Gasteiger partial charge >= 0.3 is 0 Å². The number of benzene rings is 2. The maximum Gasteiger partial charge on any atom is 0.227 e. The maximum atomic E-state index is 12.2. The minimum absolute atomic E-state index is 0.0783. The molecule has 0 atom stereocenters. The van der Waals surface area contributed by atoms with Crippen molar-refractivity contribution >= 4 is 34.8 Å². The third kappa shape index (κ3) is 5.64. The van der Waals surface area contributed by atoms with Gasteiger partial charge in [0.2, 0.25) is 11.8 Å². The van der Waals surface area contributed by atoms with E-state index in [1.807, 2.05) is 31.2 Å². The van der Waals surface area contributed by atoms with Crippen molar-refractivity contribution in [3.8, 4) is 11.5 Å². The van der Waals surface area contributed by atoms with Crippen LogP contribution >= 0.6 is 11.6 Å². The average Bonchev–Trinajstić information content (AvgIpc) is 3.12. The lowest BCUT2D eigenvalue weighted by Gasteiger charge is -2.18. The minimum Gasteiger partial charge on any atom is -0.490 e. The molecule has 1 N–H and O–H groups in total. The van der Waals surface area contributed by atoms with Gasteiger partial charge < -0.3 is 19.7 Å². The van der Waals surface area contributed by atoms with Gasteiger partial charge in [-0.05, 0) is 50.1 Å². The summed E-state index contributed by atoms with van der Waals surface area (Å²) in [6, 6.07) is 12.7. The topological polar surface area (TPSA) is 67.9 Å². The van der Waals surface area contributed by atoms with Crippen LogP contribution in [0.25, 0.3) is 0 Å². The fourth-order valence-corrected chi connectivity index (χ4v) is 3.47. The van der Waals surface area contributed by atoms with Crippen LogP contribution in [0.3, 0.4) is 0 Å². The highest BCUT2D eigenvalue weighted by Crippen LogP contribution is 2.32. The number of hydrogen-bond acceptors (Lipinski definition) is 4. The summed E-state index contributed by atoms with van der Waals surface area (Å²) in [6.07, 6.45) is 2.28. The molecule has 2 amide bonds. The molecule has 29 heavy (non-hydrogen) atoms. The van der Waals surface area contributed by atoms with E-state index in [2.05, 4.69) is 5.32 Å². The van der Waals surface area contributed by atoms with Gasteiger partial charge in [0.15, 0.2) is 11.5 Å². The number of ether oxygens (including phenoxy) is 2. The van der Waals surface area contributed by atoms with Gasteiger partial charge in [-0.15, -0.1) is 0 Å². The Kier molecular flexibility index (Phi) is 7.36. The number of nitrogens with one attached hydrogen (secondary N) is 1. The number of halogens is 1. The van der Waals surface area contributed by atoms with Gasteiger partial charge in [0.1, 0.15) is 0 Å². The van der Waals surface area contributed by atoms with Gasteiger partial charge in [0.25, 0.3) is 0 Å². The van der Waals surface area contributed by atoms with Crippen molar-refractivity contribution in [2.75, 3.05) is 30.0 Å². The molecule has 1 heterocycles. The molecule has 1 aliphatic heterocycles. The van der Waals surface area contributed by atoms with Crippen LogP contribution in [0.2, 0.25) is 5.02 Å². The van der Waals surface area contributed by atoms with Crippen LogP contribution in [-0.4, -0.2) is 31.6 Å². The van der Waals surface area contributed by atoms with Crippen molar-refractivity contribution in [1.29, 1.82) is 0 Å². The number of amides is 2. The summed E-state index contributed by atoms with van der Waals surface area (Å²) in [5.74, 6) is 1.33. The fraction of sp³-hybridized carbons (Fsp3) is 0.364. The molecular formula is C22H25ClN2O4. The van der Waals surface area contributed by atoms with Gasteiger partial charge in [-0.2, -0.15) is 0 Å². The Morgan fingerprint density at radius 2 is 1.93 bits per heavy atom. The van der Waals surface area contributed by atoms with E-state index in [0.29, 0.717) is 66.9 Å². The summed E-state index contributed by atoms with van der Waals surface area (Å²) in [5.41, 5.74) is 1.30. The number of hydrogen-bond donors (Lipinski definition) is 1. The second-order valence-electron chi connectivity index (χ2n) is 6.70. The van der Waals surface area contributed by atoms with E-state index in [0.717, 1.165) is 6.42 Å². The minimum atomic E-state index is -0.118. The SMILES string of the molecule is CCOc1ccccc1OCCCC(=O)Nc1ccc(N2CCCC2=O)c(Cl)c1. The molecule has 0 unspecified atom stereocenters. The summed E-state index contributed by atoms with van der Waals surface area (Å²) in [6.45, 7) is 3.57. The first-order valence-electron chi connectivity index (χ1n) is 9.83. The third-order valence-corrected chi connectivity index (χ3v) is 4.85. The number of carbonyl (C=O) groups is 2. The van der Waals surface area contributed by atoms with Crippen LogP contribution in [-0.2, 0) is 9.59 Å². The van der Waals surface area contributed by atoms with E-state index >= 15 is 0 Å². The van der Waals surface area contributed by atoms with Crippen molar-refractivity contribution in [3.05, 3.63) is 47.5 Å². The zero-order chi connectivity index (χ0) is 20.6. The standard InChI is InChI=1S/C22H25ClN2O4/c1-2-28-19-7-3-4-8-20(19)29-14-6-9-21(26)24-16-11-12-18(17(23)15-16)25-13-5-10-22(25)27/h3-4,7-8,11-12,15H,2,5-6,9-10,13-14H2,1H3,(H,24,26). The molecule has 2 aromatic rings. The highest BCUT2D eigenvalue weighted by molar-refractivity contribution is 6.34. The van der Waals surface area contributed by atoms with E-state index in [4.69, 9.17) is 21.1 Å². The van der Waals surface area contributed by atoms with Crippen molar-refractivity contribution in [2.45, 2.75) is 32.6 Å². The van der Waals surface area contributed by atoms with Crippen LogP contribution in [0.5, 0.6) is 11.5 Å².